The molecule has 1 saturated carbocycles. The molecule has 2 aromatic heterocycles. The Balaban J connectivity index is 1.48. The van der Waals surface area contributed by atoms with Gasteiger partial charge in [-0.15, -0.1) is 11.3 Å². The fraction of sp³-hybridized carbons (Fsp3) is 0.500. The zero-order valence-corrected chi connectivity index (χ0v) is 11.3. The first-order chi connectivity index (χ1) is 8.93. The molecule has 0 unspecified atom stereocenters. The average molecular weight is 261 g/mol. The largest absolute Gasteiger partial charge is 0.330 e. The predicted molar refractivity (Wildman–Crippen MR) is 75.8 cm³/mol. The van der Waals surface area contributed by atoms with Gasteiger partial charge in [0.2, 0.25) is 0 Å². The molecule has 18 heavy (non-hydrogen) atoms. The average Bonchev–Trinajstić information content (AvgIpc) is 2.89. The Morgan fingerprint density at radius 1 is 1.39 bits per heavy atom. The summed E-state index contributed by atoms with van der Waals surface area (Å²) in [6.07, 6.45) is 9.21. The minimum Gasteiger partial charge on any atom is -0.330 e. The number of nitrogens with one attached hydrogen (secondary N) is 1. The highest BCUT2D eigenvalue weighted by atomic mass is 32.1. The number of hydrogen-bond donors (Lipinski definition) is 1. The van der Waals surface area contributed by atoms with Gasteiger partial charge in [-0.3, -0.25) is 0 Å². The number of unbranched alkanes of at least 4 members (excludes halogenated alkanes) is 1. The van der Waals surface area contributed by atoms with Crippen LogP contribution in [0.25, 0.3) is 10.7 Å². The zero-order chi connectivity index (χ0) is 12.2. The van der Waals surface area contributed by atoms with Gasteiger partial charge < -0.3 is 9.88 Å². The number of aromatic nitrogens is 2. The van der Waals surface area contributed by atoms with Crippen molar-refractivity contribution in [2.24, 2.45) is 0 Å². The van der Waals surface area contributed by atoms with Crippen LogP contribution in [0.15, 0.2) is 29.9 Å². The summed E-state index contributed by atoms with van der Waals surface area (Å²) in [5.41, 5.74) is 0. The van der Waals surface area contributed by atoms with E-state index in [4.69, 9.17) is 0 Å². The van der Waals surface area contributed by atoms with E-state index in [9.17, 15) is 0 Å². The lowest BCUT2D eigenvalue weighted by molar-refractivity contribution is 0.569. The summed E-state index contributed by atoms with van der Waals surface area (Å²) in [5.74, 6) is 1.11. The lowest BCUT2D eigenvalue weighted by Crippen LogP contribution is -2.17. The van der Waals surface area contributed by atoms with Gasteiger partial charge in [-0.25, -0.2) is 4.98 Å². The molecule has 1 N–H and O–H groups in total. The van der Waals surface area contributed by atoms with E-state index in [2.05, 4.69) is 38.6 Å². The van der Waals surface area contributed by atoms with E-state index in [1.807, 2.05) is 6.20 Å². The smallest absolute Gasteiger partial charge is 0.149 e. The molecule has 2 aromatic rings. The topological polar surface area (TPSA) is 29.9 Å². The molecule has 2 heterocycles. The highest BCUT2D eigenvalue weighted by Gasteiger charge is 2.19. The van der Waals surface area contributed by atoms with Crippen LogP contribution in [-0.2, 0) is 6.54 Å². The number of aryl methyl sites for hydroxylation is 1. The first-order valence-corrected chi connectivity index (χ1v) is 7.60. The van der Waals surface area contributed by atoms with Gasteiger partial charge in [0.15, 0.2) is 0 Å². The van der Waals surface area contributed by atoms with Crippen LogP contribution in [-0.4, -0.2) is 22.1 Å². The quantitative estimate of drug-likeness (QED) is 0.776. The maximum absolute atomic E-state index is 4.45. The van der Waals surface area contributed by atoms with Crippen LogP contribution in [0.3, 0.4) is 0 Å². The van der Waals surface area contributed by atoms with E-state index >= 15 is 0 Å². The van der Waals surface area contributed by atoms with E-state index in [0.29, 0.717) is 0 Å². The summed E-state index contributed by atoms with van der Waals surface area (Å²) in [7, 11) is 0. The molecule has 1 fully saturated rings. The molecule has 0 atom stereocenters. The second-order valence-corrected chi connectivity index (χ2v) is 5.80. The number of rotatable bonds is 7. The lowest BCUT2D eigenvalue weighted by atomic mass is 10.3. The molecule has 1 aliphatic rings. The number of nitrogens with zero attached hydrogens (tertiary/aromatic N) is 2. The third-order valence-electron chi connectivity index (χ3n) is 3.29. The standard InChI is InChI=1S/C14H19N3S/c1(7-15-12-5-6-12)2-9-17-10-8-16-14(17)13-4-3-11-18-13/h3-4,8,10-12,15H,1-2,5-7,9H2. The molecule has 0 amide bonds. The Bertz CT molecular complexity index is 471. The monoisotopic (exact) mass is 261 g/mol. The number of hydrogen-bond acceptors (Lipinski definition) is 3. The molecule has 0 aliphatic heterocycles. The minimum atomic E-state index is 0.833. The van der Waals surface area contributed by atoms with Gasteiger partial charge in [-0.1, -0.05) is 6.07 Å². The van der Waals surface area contributed by atoms with Gasteiger partial charge in [-0.05, 0) is 43.7 Å². The van der Waals surface area contributed by atoms with E-state index in [1.54, 1.807) is 11.3 Å². The Hall–Kier alpha value is -1.13. The van der Waals surface area contributed by atoms with Crippen LogP contribution in [0.1, 0.15) is 25.7 Å². The number of imidazole rings is 1. The second kappa shape index (κ2) is 5.67. The Kier molecular flexibility index (Phi) is 3.76. The normalized spacial score (nSPS) is 15.1. The van der Waals surface area contributed by atoms with Gasteiger partial charge in [0.1, 0.15) is 5.82 Å². The van der Waals surface area contributed by atoms with Crippen LogP contribution in [0, 0.1) is 0 Å². The Labute approximate surface area is 112 Å². The zero-order valence-electron chi connectivity index (χ0n) is 10.5. The summed E-state index contributed by atoms with van der Waals surface area (Å²) < 4.78 is 2.27. The van der Waals surface area contributed by atoms with Crippen molar-refractivity contribution in [1.29, 1.82) is 0 Å². The van der Waals surface area contributed by atoms with Crippen molar-refractivity contribution < 1.29 is 0 Å². The van der Waals surface area contributed by atoms with Crippen LogP contribution in [0.4, 0.5) is 0 Å². The Morgan fingerprint density at radius 3 is 3.11 bits per heavy atom. The SMILES string of the molecule is c1csc(-c2nccn2CCCCNC2CC2)c1. The molecular formula is C14H19N3S. The van der Waals surface area contributed by atoms with Crippen molar-refractivity contribution in [3.8, 4) is 10.7 Å². The van der Waals surface area contributed by atoms with E-state index < -0.39 is 0 Å². The summed E-state index contributed by atoms with van der Waals surface area (Å²) in [6.45, 7) is 2.23. The predicted octanol–water partition coefficient (Wildman–Crippen LogP) is 3.14. The van der Waals surface area contributed by atoms with Crippen molar-refractivity contribution in [2.45, 2.75) is 38.3 Å². The molecule has 1 aliphatic carbocycles. The number of thiophene rings is 1. The molecule has 0 spiro atoms. The highest BCUT2D eigenvalue weighted by Crippen LogP contribution is 2.23. The van der Waals surface area contributed by atoms with E-state index in [1.165, 1.54) is 30.6 Å². The van der Waals surface area contributed by atoms with Crippen LogP contribution >= 0.6 is 11.3 Å². The Morgan fingerprint density at radius 2 is 2.33 bits per heavy atom. The summed E-state index contributed by atoms with van der Waals surface area (Å²) in [6, 6.07) is 5.05. The van der Waals surface area contributed by atoms with Gasteiger partial charge in [0.25, 0.3) is 0 Å². The summed E-state index contributed by atoms with van der Waals surface area (Å²) >= 11 is 1.76. The third-order valence-corrected chi connectivity index (χ3v) is 4.16. The molecule has 3 rings (SSSR count). The molecule has 0 radical (unpaired) electrons. The minimum absolute atomic E-state index is 0.833. The second-order valence-electron chi connectivity index (χ2n) is 4.86. The van der Waals surface area contributed by atoms with Gasteiger partial charge in [0.05, 0.1) is 4.88 Å². The molecule has 0 bridgehead atoms. The first kappa shape index (κ1) is 11.9. The van der Waals surface area contributed by atoms with Crippen molar-refractivity contribution in [3.63, 3.8) is 0 Å². The maximum Gasteiger partial charge on any atom is 0.149 e. The van der Waals surface area contributed by atoms with Gasteiger partial charge in [0, 0.05) is 25.0 Å². The van der Waals surface area contributed by atoms with Gasteiger partial charge >= 0.3 is 0 Å². The van der Waals surface area contributed by atoms with Crippen molar-refractivity contribution in [1.82, 2.24) is 14.9 Å². The summed E-state index contributed by atoms with van der Waals surface area (Å²) in [5, 5.41) is 5.66. The molecule has 3 nitrogen and oxygen atoms in total. The third kappa shape index (κ3) is 3.00. The molecule has 0 aromatic carbocycles. The lowest BCUT2D eigenvalue weighted by Gasteiger charge is -2.07. The fourth-order valence-electron chi connectivity index (χ4n) is 2.12. The van der Waals surface area contributed by atoms with Crippen molar-refractivity contribution >= 4 is 11.3 Å². The molecular weight excluding hydrogens is 242 g/mol. The van der Waals surface area contributed by atoms with E-state index in [0.717, 1.165) is 25.0 Å². The van der Waals surface area contributed by atoms with Crippen LogP contribution < -0.4 is 5.32 Å². The maximum atomic E-state index is 4.45. The van der Waals surface area contributed by atoms with Crippen LogP contribution in [0.5, 0.6) is 0 Å². The van der Waals surface area contributed by atoms with E-state index in [-0.39, 0.29) is 0 Å². The molecule has 0 saturated heterocycles. The van der Waals surface area contributed by atoms with Crippen molar-refractivity contribution in [2.75, 3.05) is 6.54 Å². The van der Waals surface area contributed by atoms with Crippen molar-refractivity contribution in [3.05, 3.63) is 29.9 Å². The van der Waals surface area contributed by atoms with Gasteiger partial charge in [-0.2, -0.15) is 0 Å². The van der Waals surface area contributed by atoms with Crippen LogP contribution in [0.2, 0.25) is 0 Å². The first-order valence-electron chi connectivity index (χ1n) is 6.72. The highest BCUT2D eigenvalue weighted by molar-refractivity contribution is 7.13. The molecule has 4 heteroatoms. The summed E-state index contributed by atoms with van der Waals surface area (Å²) in [4.78, 5) is 5.71. The molecule has 96 valence electrons. The fourth-order valence-corrected chi connectivity index (χ4v) is 2.86.